The van der Waals surface area contributed by atoms with Gasteiger partial charge in [0.1, 0.15) is 0 Å². The second kappa shape index (κ2) is 27.5. The molecule has 0 spiro atoms. The first kappa shape index (κ1) is 30.4. The van der Waals surface area contributed by atoms with Crippen LogP contribution >= 0.6 is 0 Å². The number of amides is 1. The first-order valence-corrected chi connectivity index (χ1v) is 14.2. The van der Waals surface area contributed by atoms with Crippen molar-refractivity contribution in [3.05, 3.63) is 0 Å². The molecule has 0 rings (SSSR count). The molecule has 3 nitrogen and oxygen atoms in total. The molecule has 0 aliphatic carbocycles. The lowest BCUT2D eigenvalue weighted by Crippen LogP contribution is -2.23. The number of aliphatic hydroxyl groups excluding tert-OH is 1. The number of carbonyl (C=O) groups excluding carboxylic acids is 1. The molecule has 0 saturated heterocycles. The third-order valence-electron chi connectivity index (χ3n) is 6.41. The van der Waals surface area contributed by atoms with Gasteiger partial charge in [-0.3, -0.25) is 4.79 Å². The fourth-order valence-electron chi connectivity index (χ4n) is 4.27. The van der Waals surface area contributed by atoms with E-state index in [1.54, 1.807) is 0 Å². The minimum Gasteiger partial charge on any atom is -0.396 e. The number of nitrogens with one attached hydrogen (secondary N) is 1. The van der Waals surface area contributed by atoms with E-state index >= 15 is 0 Å². The zero-order chi connectivity index (χ0) is 22.7. The predicted molar refractivity (Wildman–Crippen MR) is 137 cm³/mol. The smallest absolute Gasteiger partial charge is 0.219 e. The predicted octanol–water partition coefficient (Wildman–Crippen LogP) is 8.48. The molecule has 0 aliphatic rings. The molecule has 0 heterocycles. The Morgan fingerprint density at radius 3 is 1.26 bits per heavy atom. The van der Waals surface area contributed by atoms with E-state index in [1.807, 2.05) is 0 Å². The van der Waals surface area contributed by atoms with Crippen LogP contribution in [0, 0.1) is 0 Å². The van der Waals surface area contributed by atoms with E-state index in [0.717, 1.165) is 32.2 Å². The lowest BCUT2D eigenvalue weighted by atomic mass is 10.0. The van der Waals surface area contributed by atoms with E-state index in [-0.39, 0.29) is 12.5 Å². The van der Waals surface area contributed by atoms with Gasteiger partial charge >= 0.3 is 0 Å². The topological polar surface area (TPSA) is 49.3 Å². The average Bonchev–Trinajstić information content (AvgIpc) is 2.77. The number of unbranched alkanes of at least 4 members (excludes halogenated alkanes) is 21. The SMILES string of the molecule is CCCCCCCCCCCCCCCCCCCCCCNC(=O)CCCCCO. The van der Waals surface area contributed by atoms with Gasteiger partial charge in [-0.05, 0) is 19.3 Å². The van der Waals surface area contributed by atoms with E-state index in [9.17, 15) is 4.79 Å². The third-order valence-corrected chi connectivity index (χ3v) is 6.41. The quantitative estimate of drug-likeness (QED) is 0.133. The Kier molecular flexibility index (Phi) is 27.0. The van der Waals surface area contributed by atoms with Gasteiger partial charge < -0.3 is 10.4 Å². The summed E-state index contributed by atoms with van der Waals surface area (Å²) in [5.74, 6) is 0.177. The van der Waals surface area contributed by atoms with E-state index < -0.39 is 0 Å². The van der Waals surface area contributed by atoms with Crippen LogP contribution < -0.4 is 5.32 Å². The summed E-state index contributed by atoms with van der Waals surface area (Å²) in [6, 6.07) is 0. The van der Waals surface area contributed by atoms with Crippen molar-refractivity contribution in [2.75, 3.05) is 13.2 Å². The minimum absolute atomic E-state index is 0.177. The van der Waals surface area contributed by atoms with Crippen LogP contribution in [0.4, 0.5) is 0 Å². The molecule has 186 valence electrons. The number of hydrogen-bond acceptors (Lipinski definition) is 2. The summed E-state index contributed by atoms with van der Waals surface area (Å²) in [5, 5.41) is 11.7. The molecular formula is C28H57NO2. The summed E-state index contributed by atoms with van der Waals surface area (Å²) in [6.07, 6.45) is 31.3. The molecule has 0 aromatic rings. The van der Waals surface area contributed by atoms with E-state index in [2.05, 4.69) is 12.2 Å². The van der Waals surface area contributed by atoms with Gasteiger partial charge in [0.15, 0.2) is 0 Å². The summed E-state index contributed by atoms with van der Waals surface area (Å²) in [5.41, 5.74) is 0. The van der Waals surface area contributed by atoms with Crippen molar-refractivity contribution < 1.29 is 9.90 Å². The van der Waals surface area contributed by atoms with Gasteiger partial charge in [-0.25, -0.2) is 0 Å². The van der Waals surface area contributed by atoms with Crippen molar-refractivity contribution in [1.82, 2.24) is 5.32 Å². The van der Waals surface area contributed by atoms with Gasteiger partial charge in [-0.2, -0.15) is 0 Å². The van der Waals surface area contributed by atoms with Crippen molar-refractivity contribution in [3.63, 3.8) is 0 Å². The van der Waals surface area contributed by atoms with Gasteiger partial charge in [0.25, 0.3) is 0 Å². The zero-order valence-electron chi connectivity index (χ0n) is 21.2. The van der Waals surface area contributed by atoms with Gasteiger partial charge in [0, 0.05) is 19.6 Å². The molecule has 0 fully saturated rings. The molecule has 0 aromatic heterocycles. The summed E-state index contributed by atoms with van der Waals surface area (Å²) in [7, 11) is 0. The van der Waals surface area contributed by atoms with Crippen LogP contribution in [0.25, 0.3) is 0 Å². The maximum Gasteiger partial charge on any atom is 0.219 e. The Morgan fingerprint density at radius 2 is 0.871 bits per heavy atom. The molecule has 1 amide bonds. The van der Waals surface area contributed by atoms with Crippen LogP contribution in [0.1, 0.15) is 161 Å². The van der Waals surface area contributed by atoms with Gasteiger partial charge in [-0.1, -0.05) is 135 Å². The maximum absolute atomic E-state index is 11.6. The average molecular weight is 440 g/mol. The molecule has 0 saturated carbocycles. The van der Waals surface area contributed by atoms with Crippen LogP contribution in [0.3, 0.4) is 0 Å². The maximum atomic E-state index is 11.6. The van der Waals surface area contributed by atoms with Crippen LogP contribution in [0.5, 0.6) is 0 Å². The van der Waals surface area contributed by atoms with Gasteiger partial charge in [0.2, 0.25) is 5.91 Å². The summed E-state index contributed by atoms with van der Waals surface area (Å²) < 4.78 is 0. The fourth-order valence-corrected chi connectivity index (χ4v) is 4.27. The largest absolute Gasteiger partial charge is 0.396 e. The molecule has 0 radical (unpaired) electrons. The summed E-state index contributed by atoms with van der Waals surface area (Å²) in [4.78, 5) is 11.6. The number of aliphatic hydroxyl groups is 1. The lowest BCUT2D eigenvalue weighted by molar-refractivity contribution is -0.121. The highest BCUT2D eigenvalue weighted by Crippen LogP contribution is 2.14. The minimum atomic E-state index is 0.177. The number of hydrogen-bond donors (Lipinski definition) is 2. The molecule has 0 atom stereocenters. The third kappa shape index (κ3) is 27.4. The number of rotatable bonds is 26. The zero-order valence-corrected chi connectivity index (χ0v) is 21.2. The Balaban J connectivity index is 3.07. The first-order valence-electron chi connectivity index (χ1n) is 14.2. The van der Waals surface area contributed by atoms with Crippen LogP contribution in [-0.2, 0) is 4.79 Å². The van der Waals surface area contributed by atoms with Crippen molar-refractivity contribution in [1.29, 1.82) is 0 Å². The molecule has 2 N–H and O–H groups in total. The molecule has 0 aromatic carbocycles. The normalized spacial score (nSPS) is 11.2. The highest BCUT2D eigenvalue weighted by molar-refractivity contribution is 5.75. The molecule has 3 heteroatoms. The Labute approximate surface area is 195 Å². The molecule has 0 unspecified atom stereocenters. The van der Waals surface area contributed by atoms with Crippen molar-refractivity contribution in [2.24, 2.45) is 0 Å². The fraction of sp³-hybridized carbons (Fsp3) is 0.964. The standard InChI is InChI=1S/C28H57NO2/c1-2-3-4-5-6-7-8-9-10-11-12-13-14-15-16-17-18-19-20-23-26-29-28(31)25-22-21-24-27-30/h30H,2-27H2,1H3,(H,29,31). The molecule has 31 heavy (non-hydrogen) atoms. The van der Waals surface area contributed by atoms with Crippen molar-refractivity contribution in [3.8, 4) is 0 Å². The van der Waals surface area contributed by atoms with E-state index in [0.29, 0.717) is 6.42 Å². The lowest BCUT2D eigenvalue weighted by Gasteiger charge is -2.05. The summed E-state index contributed by atoms with van der Waals surface area (Å²) in [6.45, 7) is 3.36. The van der Waals surface area contributed by atoms with Gasteiger partial charge in [0.05, 0.1) is 0 Å². The monoisotopic (exact) mass is 439 g/mol. The van der Waals surface area contributed by atoms with Crippen LogP contribution in [0.15, 0.2) is 0 Å². The highest BCUT2D eigenvalue weighted by atomic mass is 16.2. The Hall–Kier alpha value is -0.570. The Morgan fingerprint density at radius 1 is 0.516 bits per heavy atom. The first-order chi connectivity index (χ1) is 15.3. The van der Waals surface area contributed by atoms with Crippen LogP contribution in [0.2, 0.25) is 0 Å². The molecule has 0 bridgehead atoms. The molecular weight excluding hydrogens is 382 g/mol. The summed E-state index contributed by atoms with van der Waals surface area (Å²) >= 11 is 0. The van der Waals surface area contributed by atoms with Crippen molar-refractivity contribution >= 4 is 5.91 Å². The molecule has 0 aliphatic heterocycles. The Bertz CT molecular complexity index is 346. The second-order valence-electron chi connectivity index (χ2n) is 9.60. The van der Waals surface area contributed by atoms with E-state index in [1.165, 1.54) is 122 Å². The highest BCUT2D eigenvalue weighted by Gasteiger charge is 2.00. The second-order valence-corrected chi connectivity index (χ2v) is 9.60. The van der Waals surface area contributed by atoms with Crippen LogP contribution in [-0.4, -0.2) is 24.2 Å². The van der Waals surface area contributed by atoms with Crippen molar-refractivity contribution in [2.45, 2.75) is 161 Å². The van der Waals surface area contributed by atoms with Gasteiger partial charge in [-0.15, -0.1) is 0 Å². The number of carbonyl (C=O) groups is 1. The van der Waals surface area contributed by atoms with E-state index in [4.69, 9.17) is 5.11 Å².